The Morgan fingerprint density at radius 2 is 1.68 bits per heavy atom. The molecule has 31 heavy (non-hydrogen) atoms. The number of hydrogen-bond acceptors (Lipinski definition) is 4. The second-order valence-corrected chi connectivity index (χ2v) is 9.83. The Labute approximate surface area is 181 Å². The zero-order chi connectivity index (χ0) is 22.3. The molecule has 0 radical (unpaired) electrons. The molecule has 1 fully saturated rings. The number of halogens is 1. The number of pyridine rings is 1. The number of aromatic nitrogens is 1. The number of benzene rings is 2. The number of piperazine rings is 1. The fourth-order valence-corrected chi connectivity index (χ4v) is 5.61. The van der Waals surface area contributed by atoms with Gasteiger partial charge >= 0.3 is 0 Å². The van der Waals surface area contributed by atoms with Gasteiger partial charge < -0.3 is 4.90 Å². The summed E-state index contributed by atoms with van der Waals surface area (Å²) >= 11 is 0. The van der Waals surface area contributed by atoms with Crippen LogP contribution in [-0.4, -0.2) is 54.7 Å². The van der Waals surface area contributed by atoms with Crippen LogP contribution in [0.2, 0.25) is 0 Å². The summed E-state index contributed by atoms with van der Waals surface area (Å²) in [4.78, 5) is 19.4. The topological polar surface area (TPSA) is 70.6 Å². The first-order chi connectivity index (χ1) is 14.7. The van der Waals surface area contributed by atoms with Crippen LogP contribution < -0.4 is 0 Å². The minimum absolute atomic E-state index is 0.194. The summed E-state index contributed by atoms with van der Waals surface area (Å²) in [6, 6.07) is 11.4. The van der Waals surface area contributed by atoms with Gasteiger partial charge in [0, 0.05) is 37.6 Å². The van der Waals surface area contributed by atoms with Gasteiger partial charge in [-0.2, -0.15) is 4.31 Å². The number of amides is 1. The normalized spacial score (nSPS) is 15.4. The SMILES string of the molecule is Cc1ccc(C)c(S(=O)(=O)N2CCN(C(=O)c3cc4ccc(F)cc4nc3C)CC2)c1. The van der Waals surface area contributed by atoms with E-state index in [-0.39, 0.29) is 24.8 Å². The third kappa shape index (κ3) is 4.05. The summed E-state index contributed by atoms with van der Waals surface area (Å²) in [5.74, 6) is -0.570. The van der Waals surface area contributed by atoms with Crippen molar-refractivity contribution < 1.29 is 17.6 Å². The summed E-state index contributed by atoms with van der Waals surface area (Å²) < 4.78 is 41.1. The zero-order valence-electron chi connectivity index (χ0n) is 17.7. The van der Waals surface area contributed by atoms with Crippen LogP contribution in [0.25, 0.3) is 10.9 Å². The van der Waals surface area contributed by atoms with Crippen molar-refractivity contribution >= 4 is 26.8 Å². The number of nitrogens with zero attached hydrogens (tertiary/aromatic N) is 3. The summed E-state index contributed by atoms with van der Waals surface area (Å²) in [5.41, 5.74) is 3.06. The lowest BCUT2D eigenvalue weighted by atomic mass is 10.1. The first-order valence-electron chi connectivity index (χ1n) is 10.1. The summed E-state index contributed by atoms with van der Waals surface area (Å²) in [6.45, 7) is 6.42. The molecule has 4 rings (SSSR count). The Balaban J connectivity index is 1.53. The van der Waals surface area contributed by atoms with Crippen LogP contribution in [0, 0.1) is 26.6 Å². The highest BCUT2D eigenvalue weighted by atomic mass is 32.2. The molecule has 1 aliphatic rings. The fourth-order valence-electron chi connectivity index (χ4n) is 3.88. The quantitative estimate of drug-likeness (QED) is 0.624. The molecule has 0 aliphatic carbocycles. The van der Waals surface area contributed by atoms with E-state index >= 15 is 0 Å². The van der Waals surface area contributed by atoms with Crippen molar-refractivity contribution in [3.63, 3.8) is 0 Å². The van der Waals surface area contributed by atoms with Crippen LogP contribution in [0.15, 0.2) is 47.4 Å². The van der Waals surface area contributed by atoms with Gasteiger partial charge in [0.15, 0.2) is 0 Å². The van der Waals surface area contributed by atoms with Gasteiger partial charge in [0.05, 0.1) is 21.7 Å². The summed E-state index contributed by atoms with van der Waals surface area (Å²) in [6.07, 6.45) is 0. The van der Waals surface area contributed by atoms with Crippen LogP contribution >= 0.6 is 0 Å². The molecule has 0 saturated carbocycles. The monoisotopic (exact) mass is 441 g/mol. The largest absolute Gasteiger partial charge is 0.336 e. The van der Waals surface area contributed by atoms with E-state index in [1.165, 1.54) is 16.4 Å². The van der Waals surface area contributed by atoms with Crippen LogP contribution in [0.1, 0.15) is 27.2 Å². The molecule has 1 aliphatic heterocycles. The molecule has 0 unspecified atom stereocenters. The molecule has 8 heteroatoms. The number of rotatable bonds is 3. The second kappa shape index (κ2) is 8.01. The van der Waals surface area contributed by atoms with Gasteiger partial charge in [-0.3, -0.25) is 9.78 Å². The third-order valence-electron chi connectivity index (χ3n) is 5.69. The molecule has 3 aromatic rings. The maximum absolute atomic E-state index is 13.5. The van der Waals surface area contributed by atoms with E-state index in [1.54, 1.807) is 36.9 Å². The molecule has 1 saturated heterocycles. The van der Waals surface area contributed by atoms with Crippen molar-refractivity contribution in [3.05, 3.63) is 70.7 Å². The number of sulfonamides is 1. The van der Waals surface area contributed by atoms with Crippen molar-refractivity contribution in [2.75, 3.05) is 26.2 Å². The highest BCUT2D eigenvalue weighted by molar-refractivity contribution is 7.89. The van der Waals surface area contributed by atoms with E-state index < -0.39 is 10.0 Å². The van der Waals surface area contributed by atoms with Gasteiger partial charge in [-0.25, -0.2) is 12.8 Å². The lowest BCUT2D eigenvalue weighted by Gasteiger charge is -2.34. The molecule has 0 atom stereocenters. The molecule has 2 heterocycles. The highest BCUT2D eigenvalue weighted by Gasteiger charge is 2.32. The molecule has 0 N–H and O–H groups in total. The Bertz CT molecular complexity index is 1280. The number of hydrogen-bond donors (Lipinski definition) is 0. The zero-order valence-corrected chi connectivity index (χ0v) is 18.5. The molecule has 0 spiro atoms. The molecule has 0 bridgehead atoms. The van der Waals surface area contributed by atoms with E-state index in [2.05, 4.69) is 4.98 Å². The van der Waals surface area contributed by atoms with Crippen molar-refractivity contribution in [1.29, 1.82) is 0 Å². The first-order valence-corrected chi connectivity index (χ1v) is 11.5. The van der Waals surface area contributed by atoms with Gasteiger partial charge in [0.25, 0.3) is 5.91 Å². The number of carbonyl (C=O) groups excluding carboxylic acids is 1. The minimum atomic E-state index is -3.62. The van der Waals surface area contributed by atoms with E-state index in [4.69, 9.17) is 0 Å². The van der Waals surface area contributed by atoms with E-state index in [0.29, 0.717) is 45.7 Å². The highest BCUT2D eigenvalue weighted by Crippen LogP contribution is 2.24. The predicted molar refractivity (Wildman–Crippen MR) is 117 cm³/mol. The Kier molecular flexibility index (Phi) is 5.53. The molecule has 2 aromatic carbocycles. The molecule has 6 nitrogen and oxygen atoms in total. The number of aryl methyl sites for hydroxylation is 3. The summed E-state index contributed by atoms with van der Waals surface area (Å²) in [7, 11) is -3.62. The smallest absolute Gasteiger partial charge is 0.255 e. The van der Waals surface area contributed by atoms with Gasteiger partial charge in [-0.05, 0) is 56.2 Å². The summed E-state index contributed by atoms with van der Waals surface area (Å²) in [5, 5.41) is 0.687. The molecule has 1 aromatic heterocycles. The molecule has 162 valence electrons. The van der Waals surface area contributed by atoms with E-state index in [9.17, 15) is 17.6 Å². The number of fused-ring (bicyclic) bond motifs is 1. The Morgan fingerprint density at radius 1 is 0.968 bits per heavy atom. The van der Waals surface area contributed by atoms with Gasteiger partial charge in [-0.15, -0.1) is 0 Å². The van der Waals surface area contributed by atoms with Crippen molar-refractivity contribution in [2.45, 2.75) is 25.7 Å². The average molecular weight is 442 g/mol. The van der Waals surface area contributed by atoms with E-state index in [0.717, 1.165) is 5.56 Å². The first kappa shape index (κ1) is 21.4. The molecule has 1 amide bonds. The van der Waals surface area contributed by atoms with E-state index in [1.807, 2.05) is 19.1 Å². The van der Waals surface area contributed by atoms with Crippen LogP contribution in [0.4, 0.5) is 4.39 Å². The van der Waals surface area contributed by atoms with Crippen LogP contribution in [0.3, 0.4) is 0 Å². The lowest BCUT2D eigenvalue weighted by molar-refractivity contribution is 0.0697. The maximum atomic E-state index is 13.5. The molecular weight excluding hydrogens is 417 g/mol. The Morgan fingerprint density at radius 3 is 2.39 bits per heavy atom. The van der Waals surface area contributed by atoms with Gasteiger partial charge in [0.1, 0.15) is 5.82 Å². The fraction of sp³-hybridized carbons (Fsp3) is 0.304. The van der Waals surface area contributed by atoms with Crippen molar-refractivity contribution in [3.8, 4) is 0 Å². The van der Waals surface area contributed by atoms with Crippen molar-refractivity contribution in [1.82, 2.24) is 14.2 Å². The van der Waals surface area contributed by atoms with Crippen molar-refractivity contribution in [2.24, 2.45) is 0 Å². The number of carbonyl (C=O) groups is 1. The Hall–Kier alpha value is -2.84. The van der Waals surface area contributed by atoms with Gasteiger partial charge in [0.2, 0.25) is 10.0 Å². The van der Waals surface area contributed by atoms with Crippen LogP contribution in [0.5, 0.6) is 0 Å². The van der Waals surface area contributed by atoms with Crippen LogP contribution in [-0.2, 0) is 10.0 Å². The average Bonchev–Trinajstić information content (AvgIpc) is 2.74. The maximum Gasteiger partial charge on any atom is 0.255 e. The second-order valence-electron chi connectivity index (χ2n) is 7.92. The lowest BCUT2D eigenvalue weighted by Crippen LogP contribution is -2.50. The molecular formula is C23H24FN3O3S. The minimum Gasteiger partial charge on any atom is -0.336 e. The third-order valence-corrected chi connectivity index (χ3v) is 7.73. The predicted octanol–water partition coefficient (Wildman–Crippen LogP) is 3.45. The standard InChI is InChI=1S/C23H24FN3O3S/c1-15-4-5-16(2)22(12-15)31(29,30)27-10-8-26(9-11-27)23(28)20-13-18-6-7-19(24)14-21(18)25-17(20)3/h4-7,12-14H,8-11H2,1-3H3. The van der Waals surface area contributed by atoms with Gasteiger partial charge in [-0.1, -0.05) is 12.1 Å².